The Hall–Kier alpha value is 1.28. The minimum absolute atomic E-state index is 1.15. The van der Waals surface area contributed by atoms with Crippen LogP contribution in [0.1, 0.15) is 64.2 Å². The predicted octanol–water partition coefficient (Wildman–Crippen LogP) is 5.83. The maximum atomic E-state index is 5.20. The van der Waals surface area contributed by atoms with Gasteiger partial charge in [0, 0.05) is 0 Å². The van der Waals surface area contributed by atoms with Crippen molar-refractivity contribution in [1.29, 1.82) is 0 Å². The van der Waals surface area contributed by atoms with Crippen LogP contribution in [0, 0.1) is 0 Å². The molecule has 0 aromatic rings. The molecule has 0 spiro atoms. The molecule has 2 saturated carbocycles. The molecule has 0 aliphatic heterocycles. The molecule has 0 heterocycles. The minimum atomic E-state index is -1.60. The summed E-state index contributed by atoms with van der Waals surface area (Å²) in [4.78, 5) is 0. The van der Waals surface area contributed by atoms with Gasteiger partial charge in [-0.25, -0.2) is 0 Å². The van der Waals surface area contributed by atoms with E-state index in [1.165, 1.54) is 47.1 Å². The molecule has 0 aromatic heterocycles. The van der Waals surface area contributed by atoms with Crippen molar-refractivity contribution < 1.29 is 13.5 Å². The summed E-state index contributed by atoms with van der Waals surface area (Å²) in [5, 5.41) is 0. The Morgan fingerprint density at radius 3 is 1.44 bits per heavy atom. The van der Waals surface area contributed by atoms with E-state index in [0.717, 1.165) is 11.3 Å². The Balaban J connectivity index is 0.000000280. The van der Waals surface area contributed by atoms with E-state index >= 15 is 0 Å². The zero-order valence-corrected chi connectivity index (χ0v) is 15.3. The van der Waals surface area contributed by atoms with Gasteiger partial charge in [-0.1, -0.05) is 38.5 Å². The Morgan fingerprint density at radius 2 is 1.17 bits per heavy atom. The monoisotopic (exact) mass is 396 g/mol. The first-order valence-electron chi connectivity index (χ1n) is 7.01. The molecule has 2 fully saturated rings. The van der Waals surface area contributed by atoms with E-state index in [9.17, 15) is 0 Å². The van der Waals surface area contributed by atoms with Gasteiger partial charge in [-0.05, 0) is 37.0 Å². The molecule has 0 atom stereocenters. The average Bonchev–Trinajstić information content (AvgIpc) is 2.42. The van der Waals surface area contributed by atoms with Gasteiger partial charge in [0.05, 0.1) is 0 Å². The molecule has 0 bridgehead atoms. The van der Waals surface area contributed by atoms with Crippen molar-refractivity contribution in [2.45, 2.75) is 75.5 Å². The van der Waals surface area contributed by atoms with Crippen molar-refractivity contribution in [1.82, 2.24) is 0 Å². The molecule has 0 radical (unpaired) electrons. The topological polar surface area (TPSA) is 0 Å². The van der Waals surface area contributed by atoms with Crippen LogP contribution in [0.25, 0.3) is 0 Å². The molecule has 18 heavy (non-hydrogen) atoms. The zero-order chi connectivity index (χ0) is 13.2. The summed E-state index contributed by atoms with van der Waals surface area (Å²) in [6.45, 7) is 3.24. The third-order valence-electron chi connectivity index (χ3n) is 3.78. The van der Waals surface area contributed by atoms with Crippen LogP contribution in [0.4, 0.5) is 0 Å². The molecule has 0 unspecified atom stereocenters. The number of hydrogen-bond acceptors (Lipinski definition) is 0. The predicted molar refractivity (Wildman–Crippen MR) is 84.4 cm³/mol. The van der Waals surface area contributed by atoms with Crippen molar-refractivity contribution in [3.8, 4) is 0 Å². The zero-order valence-electron chi connectivity index (χ0n) is 11.0. The summed E-state index contributed by atoms with van der Waals surface area (Å²) in [6, 6.07) is 0. The van der Waals surface area contributed by atoms with E-state index in [0.29, 0.717) is 0 Å². The molecule has 0 nitrogen and oxygen atoms in total. The summed E-state index contributed by atoms with van der Waals surface area (Å²) in [6.07, 6.45) is 15.4. The van der Waals surface area contributed by atoms with E-state index in [4.69, 9.17) is 19.4 Å². The molecule has 0 aromatic carbocycles. The maximum absolute atomic E-state index is 5.20. The van der Waals surface area contributed by atoms with Crippen LogP contribution in [-0.4, -0.2) is 15.6 Å². The van der Waals surface area contributed by atoms with Crippen molar-refractivity contribution in [2.24, 2.45) is 0 Å². The van der Waals surface area contributed by atoms with Crippen LogP contribution in [0.5, 0.6) is 0 Å². The fourth-order valence-corrected chi connectivity index (χ4v) is 5.02. The molecule has 2 rings (SSSR count). The number of hydrogen-bond donors (Lipinski definition) is 0. The first-order chi connectivity index (χ1) is 8.72. The summed E-state index contributed by atoms with van der Waals surface area (Å²) >= 11 is -1.60. The van der Waals surface area contributed by atoms with Crippen molar-refractivity contribution in [2.75, 3.05) is 0 Å². The first kappa shape index (κ1) is 17.3. The standard InChI is InChI=1S/C12H23P.C2H2.2ClH.Ru/c1-3-7-11(8-4-1)13-12-9-5-2-6-10-12;1-2;;;/h11-13H,1-10H2;1H2;2*1H;/q;;;;+2/p-2. The number of rotatable bonds is 2. The van der Waals surface area contributed by atoms with Crippen LogP contribution < -0.4 is 0 Å². The second-order valence-electron chi connectivity index (χ2n) is 5.15. The van der Waals surface area contributed by atoms with Crippen LogP contribution in [0.2, 0.25) is 0 Å². The summed E-state index contributed by atoms with van der Waals surface area (Å²) in [7, 11) is 11.7. The molecule has 108 valence electrons. The van der Waals surface area contributed by atoms with Gasteiger partial charge in [-0.15, -0.1) is 8.58 Å². The van der Waals surface area contributed by atoms with E-state index in [-0.39, 0.29) is 0 Å². The fraction of sp³-hybridized carbons (Fsp3) is 0.857. The molecule has 2 aliphatic rings. The Labute approximate surface area is 127 Å². The van der Waals surface area contributed by atoms with Crippen molar-refractivity contribution >= 4 is 32.2 Å². The van der Waals surface area contributed by atoms with Gasteiger partial charge < -0.3 is 0 Å². The summed E-state index contributed by atoms with van der Waals surface area (Å²) in [5.74, 6) is 0. The number of halogens is 2. The van der Waals surface area contributed by atoms with Gasteiger partial charge in [-0.3, -0.25) is 0 Å². The Morgan fingerprint density at radius 1 is 0.833 bits per heavy atom. The van der Waals surface area contributed by atoms with Crippen LogP contribution in [-0.2, 0) is 13.5 Å². The van der Waals surface area contributed by atoms with Crippen LogP contribution in [0.15, 0.2) is 6.58 Å². The molecular formula is C14H25Cl2PRu. The van der Waals surface area contributed by atoms with Gasteiger partial charge in [0.15, 0.2) is 0 Å². The molecular weight excluding hydrogens is 371 g/mol. The Bertz CT molecular complexity index is 245. The van der Waals surface area contributed by atoms with E-state index in [1.807, 2.05) is 0 Å². The van der Waals surface area contributed by atoms with Crippen molar-refractivity contribution in [3.63, 3.8) is 0 Å². The van der Waals surface area contributed by atoms with E-state index < -0.39 is 13.5 Å². The van der Waals surface area contributed by atoms with E-state index in [1.54, 1.807) is 25.7 Å². The quantitative estimate of drug-likeness (QED) is 0.407. The summed E-state index contributed by atoms with van der Waals surface area (Å²) < 4.78 is 2.45. The van der Waals surface area contributed by atoms with Crippen LogP contribution >= 0.6 is 28.0 Å². The SMILES string of the molecule is C1CCC(PC2CCCCC2)CC1.C=[C]=[Ru]([Cl])[Cl]. The molecule has 0 N–H and O–H groups in total. The first-order valence-corrected chi connectivity index (χ1v) is 13.5. The fourth-order valence-electron chi connectivity index (χ4n) is 2.87. The molecule has 0 amide bonds. The normalized spacial score (nSPS) is 22.7. The van der Waals surface area contributed by atoms with Gasteiger partial charge in [-0.2, -0.15) is 0 Å². The second kappa shape index (κ2) is 11.0. The third-order valence-corrected chi connectivity index (χ3v) is 7.46. The van der Waals surface area contributed by atoms with Gasteiger partial charge >= 0.3 is 43.7 Å². The molecule has 0 saturated heterocycles. The third kappa shape index (κ3) is 8.45. The second-order valence-corrected chi connectivity index (χ2v) is 12.6. The Kier molecular flexibility index (Phi) is 10.6. The molecule has 4 heteroatoms. The van der Waals surface area contributed by atoms with Crippen LogP contribution in [0.3, 0.4) is 0 Å². The van der Waals surface area contributed by atoms with Gasteiger partial charge in [0.1, 0.15) is 0 Å². The molecule has 2 aliphatic carbocycles. The van der Waals surface area contributed by atoms with Gasteiger partial charge in [0.2, 0.25) is 0 Å². The van der Waals surface area contributed by atoms with E-state index in [2.05, 4.69) is 10.8 Å². The van der Waals surface area contributed by atoms with Crippen molar-refractivity contribution in [3.05, 3.63) is 6.58 Å². The summed E-state index contributed by atoms with van der Waals surface area (Å²) in [5.41, 5.74) is 2.30. The average molecular weight is 396 g/mol. The van der Waals surface area contributed by atoms with Gasteiger partial charge in [0.25, 0.3) is 0 Å².